The van der Waals surface area contributed by atoms with Gasteiger partial charge in [-0.3, -0.25) is 9.59 Å². The standard InChI is InChI=1S/C23H26N2O4/c26-21(24-15-14-16-8-2-1-3-9-16)19-12-6-7-13-20(19)25-22(27)17-10-4-5-11-18(17)23(28)29/h1-3,6-9,12-13,17-18H,4-5,10-11,14-15H2,(H,24,26)(H,25,27)(H,28,29)/p-1/t17-,18-/m0/s1. The van der Waals surface area contributed by atoms with Crippen LogP contribution in [0.2, 0.25) is 0 Å². The number of rotatable bonds is 7. The summed E-state index contributed by atoms with van der Waals surface area (Å²) in [4.78, 5) is 36.7. The first-order valence-electron chi connectivity index (χ1n) is 9.99. The van der Waals surface area contributed by atoms with E-state index in [1.807, 2.05) is 30.3 Å². The van der Waals surface area contributed by atoms with Crippen LogP contribution in [0.1, 0.15) is 41.6 Å². The van der Waals surface area contributed by atoms with Crippen molar-refractivity contribution >= 4 is 23.5 Å². The number of carbonyl (C=O) groups excluding carboxylic acids is 3. The van der Waals surface area contributed by atoms with Crippen molar-refractivity contribution < 1.29 is 19.5 Å². The Morgan fingerprint density at radius 1 is 0.897 bits per heavy atom. The molecule has 0 radical (unpaired) electrons. The van der Waals surface area contributed by atoms with Crippen molar-refractivity contribution in [2.45, 2.75) is 32.1 Å². The lowest BCUT2D eigenvalue weighted by atomic mass is 9.78. The van der Waals surface area contributed by atoms with Crippen LogP contribution in [0.4, 0.5) is 5.69 Å². The van der Waals surface area contributed by atoms with Crippen LogP contribution in [0.3, 0.4) is 0 Å². The van der Waals surface area contributed by atoms with Crippen LogP contribution in [0, 0.1) is 11.8 Å². The van der Waals surface area contributed by atoms with Crippen LogP contribution in [-0.2, 0) is 16.0 Å². The maximum Gasteiger partial charge on any atom is 0.253 e. The van der Waals surface area contributed by atoms with Gasteiger partial charge in [-0.25, -0.2) is 0 Å². The average molecular weight is 393 g/mol. The van der Waals surface area contributed by atoms with Crippen LogP contribution in [0.25, 0.3) is 0 Å². The first-order valence-corrected chi connectivity index (χ1v) is 9.99. The van der Waals surface area contributed by atoms with Gasteiger partial charge in [0.15, 0.2) is 0 Å². The zero-order chi connectivity index (χ0) is 20.6. The van der Waals surface area contributed by atoms with E-state index in [-0.39, 0.29) is 11.8 Å². The highest BCUT2D eigenvalue weighted by atomic mass is 16.4. The molecule has 29 heavy (non-hydrogen) atoms. The second-order valence-electron chi connectivity index (χ2n) is 7.34. The van der Waals surface area contributed by atoms with E-state index < -0.39 is 17.8 Å². The van der Waals surface area contributed by atoms with Gasteiger partial charge in [-0.05, 0) is 37.0 Å². The number of para-hydroxylation sites is 1. The Kier molecular flexibility index (Phi) is 7.00. The van der Waals surface area contributed by atoms with E-state index in [0.717, 1.165) is 18.4 Å². The predicted molar refractivity (Wildman–Crippen MR) is 108 cm³/mol. The van der Waals surface area contributed by atoms with Crippen molar-refractivity contribution in [2.75, 3.05) is 11.9 Å². The van der Waals surface area contributed by atoms with Crippen LogP contribution >= 0.6 is 0 Å². The van der Waals surface area contributed by atoms with E-state index in [1.54, 1.807) is 24.3 Å². The minimum absolute atomic E-state index is 0.281. The zero-order valence-electron chi connectivity index (χ0n) is 16.2. The molecule has 1 aliphatic carbocycles. The predicted octanol–water partition coefficient (Wildman–Crippen LogP) is 2.15. The van der Waals surface area contributed by atoms with Crippen LogP contribution < -0.4 is 15.7 Å². The summed E-state index contributed by atoms with van der Waals surface area (Å²) in [5, 5.41) is 17.0. The molecule has 2 aromatic rings. The van der Waals surface area contributed by atoms with Crippen molar-refractivity contribution in [3.05, 3.63) is 65.7 Å². The van der Waals surface area contributed by atoms with E-state index in [2.05, 4.69) is 10.6 Å². The molecule has 0 aromatic heterocycles. The Morgan fingerprint density at radius 2 is 1.55 bits per heavy atom. The normalized spacial score (nSPS) is 18.6. The van der Waals surface area contributed by atoms with Crippen molar-refractivity contribution in [1.82, 2.24) is 5.32 Å². The highest BCUT2D eigenvalue weighted by molar-refractivity contribution is 6.04. The molecule has 6 heteroatoms. The largest absolute Gasteiger partial charge is 0.550 e. The molecule has 0 unspecified atom stereocenters. The number of hydrogen-bond donors (Lipinski definition) is 2. The molecule has 0 saturated heterocycles. The Hall–Kier alpha value is -3.15. The maximum absolute atomic E-state index is 12.7. The number of benzene rings is 2. The molecular weight excluding hydrogens is 368 g/mol. The monoisotopic (exact) mass is 393 g/mol. The molecule has 0 aliphatic heterocycles. The summed E-state index contributed by atoms with van der Waals surface area (Å²) in [6, 6.07) is 16.6. The molecule has 1 saturated carbocycles. The van der Waals surface area contributed by atoms with E-state index in [0.29, 0.717) is 37.1 Å². The van der Waals surface area contributed by atoms with E-state index in [4.69, 9.17) is 0 Å². The summed E-state index contributed by atoms with van der Waals surface area (Å²) in [6.07, 6.45) is 3.25. The third kappa shape index (κ3) is 5.44. The fraction of sp³-hybridized carbons (Fsp3) is 0.348. The van der Waals surface area contributed by atoms with Gasteiger partial charge >= 0.3 is 0 Å². The average Bonchev–Trinajstić information content (AvgIpc) is 2.74. The number of nitrogens with one attached hydrogen (secondary N) is 2. The van der Waals surface area contributed by atoms with Gasteiger partial charge in [0.1, 0.15) is 0 Å². The first kappa shape index (κ1) is 20.6. The van der Waals surface area contributed by atoms with Crippen molar-refractivity contribution in [1.29, 1.82) is 0 Å². The second kappa shape index (κ2) is 9.87. The number of carboxylic acids is 1. The first-order chi connectivity index (χ1) is 14.1. The van der Waals surface area contributed by atoms with Crippen molar-refractivity contribution in [3.8, 4) is 0 Å². The molecular formula is C23H25N2O4-. The molecule has 2 amide bonds. The minimum atomic E-state index is -1.18. The highest BCUT2D eigenvalue weighted by Gasteiger charge is 2.32. The number of amides is 2. The summed E-state index contributed by atoms with van der Waals surface area (Å²) >= 11 is 0. The summed E-state index contributed by atoms with van der Waals surface area (Å²) in [6.45, 7) is 0.473. The quantitative estimate of drug-likeness (QED) is 0.753. The third-order valence-corrected chi connectivity index (χ3v) is 5.38. The fourth-order valence-electron chi connectivity index (χ4n) is 3.80. The van der Waals surface area contributed by atoms with E-state index >= 15 is 0 Å². The third-order valence-electron chi connectivity index (χ3n) is 5.38. The Morgan fingerprint density at radius 3 is 2.28 bits per heavy atom. The van der Waals surface area contributed by atoms with Crippen LogP contribution in [0.5, 0.6) is 0 Å². The smallest absolute Gasteiger partial charge is 0.253 e. The lowest BCUT2D eigenvalue weighted by molar-refractivity contribution is -0.313. The summed E-state index contributed by atoms with van der Waals surface area (Å²) in [7, 11) is 0. The molecule has 0 spiro atoms. The Balaban J connectivity index is 1.64. The van der Waals surface area contributed by atoms with Gasteiger partial charge in [0.05, 0.1) is 11.3 Å². The topological polar surface area (TPSA) is 98.3 Å². The number of hydrogen-bond acceptors (Lipinski definition) is 4. The molecule has 1 aliphatic rings. The van der Waals surface area contributed by atoms with E-state index in [1.165, 1.54) is 0 Å². The summed E-state index contributed by atoms with van der Waals surface area (Å²) in [5.74, 6) is -3.25. The lowest BCUT2D eigenvalue weighted by Gasteiger charge is -2.31. The van der Waals surface area contributed by atoms with Gasteiger partial charge in [0.25, 0.3) is 5.91 Å². The number of anilines is 1. The van der Waals surface area contributed by atoms with Crippen molar-refractivity contribution in [2.24, 2.45) is 11.8 Å². The SMILES string of the molecule is O=C(NCCc1ccccc1)c1ccccc1NC(=O)[C@H]1CCCC[C@@H]1C(=O)[O-]. The number of carboxylic acid groups (broad SMARTS) is 1. The molecule has 0 heterocycles. The molecule has 152 valence electrons. The minimum Gasteiger partial charge on any atom is -0.550 e. The van der Waals surface area contributed by atoms with Gasteiger partial charge in [0, 0.05) is 24.3 Å². The lowest BCUT2D eigenvalue weighted by Crippen LogP contribution is -2.42. The molecule has 2 aromatic carbocycles. The van der Waals surface area contributed by atoms with Crippen LogP contribution in [0.15, 0.2) is 54.6 Å². The molecule has 1 fully saturated rings. The van der Waals surface area contributed by atoms with Gasteiger partial charge in [-0.2, -0.15) is 0 Å². The van der Waals surface area contributed by atoms with E-state index in [9.17, 15) is 19.5 Å². The molecule has 6 nitrogen and oxygen atoms in total. The molecule has 3 rings (SSSR count). The summed E-state index contributed by atoms with van der Waals surface area (Å²) in [5.41, 5.74) is 1.87. The molecule has 2 N–H and O–H groups in total. The van der Waals surface area contributed by atoms with Gasteiger partial charge in [-0.15, -0.1) is 0 Å². The number of aliphatic carboxylic acids is 1. The highest BCUT2D eigenvalue weighted by Crippen LogP contribution is 2.31. The Labute approximate surface area is 170 Å². The van der Waals surface area contributed by atoms with Gasteiger partial charge < -0.3 is 20.5 Å². The molecule has 2 atom stereocenters. The number of carbonyl (C=O) groups is 3. The Bertz CT molecular complexity index is 866. The maximum atomic E-state index is 12.7. The van der Waals surface area contributed by atoms with Crippen LogP contribution in [-0.4, -0.2) is 24.3 Å². The fourth-order valence-corrected chi connectivity index (χ4v) is 3.80. The summed E-state index contributed by atoms with van der Waals surface area (Å²) < 4.78 is 0. The zero-order valence-corrected chi connectivity index (χ0v) is 16.2. The van der Waals surface area contributed by atoms with Gasteiger partial charge in [0.2, 0.25) is 5.91 Å². The van der Waals surface area contributed by atoms with Crippen molar-refractivity contribution in [3.63, 3.8) is 0 Å². The van der Waals surface area contributed by atoms with Gasteiger partial charge in [-0.1, -0.05) is 55.3 Å². The molecule has 0 bridgehead atoms. The second-order valence-corrected chi connectivity index (χ2v) is 7.34.